The maximum atomic E-state index is 8.24. The van der Waals surface area contributed by atoms with E-state index in [1.807, 2.05) is 26.2 Å². The Morgan fingerprint density at radius 1 is 1.13 bits per heavy atom. The number of thiocyanates is 1. The van der Waals surface area contributed by atoms with E-state index in [0.717, 1.165) is 24.9 Å². The van der Waals surface area contributed by atoms with Crippen molar-refractivity contribution < 1.29 is 17.7 Å². The molecule has 0 aromatic heterocycles. The Hall–Kier alpha value is 0.464. The summed E-state index contributed by atoms with van der Waals surface area (Å²) in [5.41, 5.74) is 0. The van der Waals surface area contributed by atoms with Crippen LogP contribution in [-0.2, 0) is 17.7 Å². The highest BCUT2D eigenvalue weighted by Gasteiger charge is 2.38. The zero-order valence-corrected chi connectivity index (χ0v) is 19.3. The smallest absolute Gasteiger partial charge is 0.427 e. The first-order valence-corrected chi connectivity index (χ1v) is 13.1. The van der Waals surface area contributed by atoms with Crippen LogP contribution in [0.5, 0.6) is 0 Å². The van der Waals surface area contributed by atoms with Crippen LogP contribution in [0.2, 0.25) is 12.1 Å². The average molecular weight is 400 g/mol. The normalized spacial score (nSPS) is 12.7. The van der Waals surface area contributed by atoms with Crippen LogP contribution in [0, 0.1) is 10.7 Å². The lowest BCUT2D eigenvalue weighted by Gasteiger charge is -2.27. The predicted molar refractivity (Wildman–Crippen MR) is 107 cm³/mol. The molecule has 0 amide bonds. The van der Waals surface area contributed by atoms with E-state index in [0.29, 0.717) is 19.8 Å². The third-order valence-electron chi connectivity index (χ3n) is 2.64. The van der Waals surface area contributed by atoms with Crippen molar-refractivity contribution in [2.45, 2.75) is 57.2 Å². The molecule has 0 aliphatic rings. The molecule has 0 aliphatic heterocycles. The van der Waals surface area contributed by atoms with Crippen LogP contribution in [-0.4, -0.2) is 50.1 Å². The second-order valence-electron chi connectivity index (χ2n) is 4.53. The summed E-state index contributed by atoms with van der Waals surface area (Å²) < 4.78 is 22.1. The molecule has 0 aromatic rings. The lowest BCUT2D eigenvalue weighted by Crippen LogP contribution is -2.45. The lowest BCUT2D eigenvalue weighted by atomic mass is 10.6. The molecular formula is C14H33NO4S2Si2. The first-order chi connectivity index (χ1) is 11.1. The number of nitriles is 1. The monoisotopic (exact) mass is 399 g/mol. The molecule has 0 bridgehead atoms. The first kappa shape index (κ1) is 25.7. The second kappa shape index (κ2) is 18.8. The largest absolute Gasteiger partial charge is 0.500 e. The van der Waals surface area contributed by atoms with Gasteiger partial charge in [-0.2, -0.15) is 17.9 Å². The fourth-order valence-electron chi connectivity index (χ4n) is 1.83. The molecular weight excluding hydrogens is 366 g/mol. The highest BCUT2D eigenvalue weighted by atomic mass is 32.2. The van der Waals surface area contributed by atoms with Gasteiger partial charge in [0.15, 0.2) is 9.76 Å². The van der Waals surface area contributed by atoms with Gasteiger partial charge in [0.1, 0.15) is 5.40 Å². The van der Waals surface area contributed by atoms with Crippen molar-refractivity contribution in [3.05, 3.63) is 0 Å². The van der Waals surface area contributed by atoms with Gasteiger partial charge >= 0.3 is 8.80 Å². The Labute approximate surface area is 155 Å². The van der Waals surface area contributed by atoms with Crippen molar-refractivity contribution in [3.8, 4) is 5.40 Å². The number of thiol groups is 1. The summed E-state index contributed by atoms with van der Waals surface area (Å²) in [7, 11) is -0.872. The van der Waals surface area contributed by atoms with E-state index in [9.17, 15) is 0 Å². The number of hydrogen-bond acceptors (Lipinski definition) is 7. The molecule has 138 valence electrons. The molecule has 0 saturated carbocycles. The third-order valence-corrected chi connectivity index (χ3v) is 8.23. The Balaban J connectivity index is 0. The van der Waals surface area contributed by atoms with E-state index in [-0.39, 0.29) is 14.3 Å². The molecule has 0 fully saturated rings. The summed E-state index contributed by atoms with van der Waals surface area (Å²) in [6, 6.07) is 2.03. The quantitative estimate of drug-likeness (QED) is 0.168. The Morgan fingerprint density at radius 3 is 2.00 bits per heavy atom. The van der Waals surface area contributed by atoms with Crippen LogP contribution in [0.4, 0.5) is 0 Å². The fraction of sp³-hybridized carbons (Fsp3) is 0.929. The SMILES string of the molecule is CCC[Si](OCC)(OCC)OCC.CO[SiH2]CCC(S)SC#N. The van der Waals surface area contributed by atoms with Gasteiger partial charge in [-0.15, -0.1) is 0 Å². The van der Waals surface area contributed by atoms with Crippen LogP contribution in [0.25, 0.3) is 0 Å². The third kappa shape index (κ3) is 15.7. The zero-order valence-electron chi connectivity index (χ0n) is 15.2. The minimum atomic E-state index is -2.30. The summed E-state index contributed by atoms with van der Waals surface area (Å²) in [6.07, 6.45) is 2.04. The van der Waals surface area contributed by atoms with Gasteiger partial charge in [-0.05, 0) is 45.0 Å². The van der Waals surface area contributed by atoms with Gasteiger partial charge < -0.3 is 17.7 Å². The highest BCUT2D eigenvalue weighted by molar-refractivity contribution is 8.13. The maximum Gasteiger partial charge on any atom is 0.500 e. The molecule has 1 atom stereocenters. The lowest BCUT2D eigenvalue weighted by molar-refractivity contribution is 0.0712. The van der Waals surface area contributed by atoms with E-state index in [4.69, 9.17) is 23.0 Å². The standard InChI is InChI=1S/C9H22O3Si.C5H11NOS2Si/c1-5-9-13(10-6-2,11-7-3)12-8-4;1-7-10-3-2-5(8)9-4-6/h5-9H2,1-4H3;5,8H,2-3,10H2,1H3. The summed E-state index contributed by atoms with van der Waals surface area (Å²) in [4.78, 5) is 0. The predicted octanol–water partition coefficient (Wildman–Crippen LogP) is 3.44. The van der Waals surface area contributed by atoms with E-state index in [2.05, 4.69) is 19.6 Å². The molecule has 0 radical (unpaired) electrons. The van der Waals surface area contributed by atoms with Gasteiger partial charge in [0.2, 0.25) is 0 Å². The maximum absolute atomic E-state index is 8.24. The molecule has 9 heteroatoms. The van der Waals surface area contributed by atoms with E-state index in [1.54, 1.807) is 7.11 Å². The van der Waals surface area contributed by atoms with Crippen LogP contribution in [0.15, 0.2) is 0 Å². The van der Waals surface area contributed by atoms with Crippen LogP contribution >= 0.6 is 24.4 Å². The molecule has 0 N–H and O–H groups in total. The number of hydrogen-bond donors (Lipinski definition) is 1. The minimum absolute atomic E-state index is 0.174. The van der Waals surface area contributed by atoms with Crippen LogP contribution in [0.3, 0.4) is 0 Å². The first-order valence-electron chi connectivity index (χ1n) is 8.19. The molecule has 0 rings (SSSR count). The van der Waals surface area contributed by atoms with Crippen molar-refractivity contribution in [1.82, 2.24) is 0 Å². The van der Waals surface area contributed by atoms with Crippen LogP contribution < -0.4 is 0 Å². The molecule has 5 nitrogen and oxygen atoms in total. The number of thioether (sulfide) groups is 1. The summed E-state index contributed by atoms with van der Waals surface area (Å²) in [5, 5.41) is 10.2. The van der Waals surface area contributed by atoms with Gasteiger partial charge in [0.25, 0.3) is 0 Å². The minimum Gasteiger partial charge on any atom is -0.427 e. The van der Waals surface area contributed by atoms with Gasteiger partial charge in [-0.1, -0.05) is 13.3 Å². The summed E-state index contributed by atoms with van der Waals surface area (Å²) in [6.45, 7) is 10.1. The molecule has 1 unspecified atom stereocenters. The highest BCUT2D eigenvalue weighted by Crippen LogP contribution is 2.18. The fourth-order valence-corrected chi connectivity index (χ4v) is 6.68. The summed E-state index contributed by atoms with van der Waals surface area (Å²) >= 11 is 5.41. The van der Waals surface area contributed by atoms with E-state index in [1.165, 1.54) is 11.8 Å². The molecule has 0 saturated heterocycles. The van der Waals surface area contributed by atoms with Gasteiger partial charge in [0.05, 0.1) is 4.58 Å². The Kier molecular flexibility index (Phi) is 21.0. The molecule has 0 aliphatic carbocycles. The van der Waals surface area contributed by atoms with Crippen molar-refractivity contribution in [2.24, 2.45) is 0 Å². The van der Waals surface area contributed by atoms with Crippen LogP contribution in [0.1, 0.15) is 40.5 Å². The molecule has 23 heavy (non-hydrogen) atoms. The average Bonchev–Trinajstić information content (AvgIpc) is 2.49. The summed E-state index contributed by atoms with van der Waals surface area (Å²) in [5.74, 6) is 0. The molecule has 0 heterocycles. The molecule has 0 spiro atoms. The Bertz CT molecular complexity index is 267. The Morgan fingerprint density at radius 2 is 1.65 bits per heavy atom. The van der Waals surface area contributed by atoms with Crippen molar-refractivity contribution in [1.29, 1.82) is 5.26 Å². The number of nitrogens with zero attached hydrogens (tertiary/aromatic N) is 1. The van der Waals surface area contributed by atoms with Crippen molar-refractivity contribution in [3.63, 3.8) is 0 Å². The van der Waals surface area contributed by atoms with Gasteiger partial charge in [0, 0.05) is 33.0 Å². The topological polar surface area (TPSA) is 60.7 Å². The van der Waals surface area contributed by atoms with E-state index >= 15 is 0 Å². The number of rotatable bonds is 13. The molecule has 0 aromatic carbocycles. The van der Waals surface area contributed by atoms with E-state index < -0.39 is 8.80 Å². The van der Waals surface area contributed by atoms with Gasteiger partial charge in [-0.25, -0.2) is 0 Å². The van der Waals surface area contributed by atoms with Crippen molar-refractivity contribution in [2.75, 3.05) is 26.9 Å². The van der Waals surface area contributed by atoms with Gasteiger partial charge in [-0.3, -0.25) is 0 Å². The zero-order chi connectivity index (χ0) is 18.0. The van der Waals surface area contributed by atoms with Crippen molar-refractivity contribution >= 4 is 43.0 Å². The second-order valence-corrected chi connectivity index (χ2v) is 10.9.